The molecule has 0 aliphatic carbocycles. The second kappa shape index (κ2) is 16.3. The van der Waals surface area contributed by atoms with Crippen LogP contribution < -0.4 is 25.4 Å². The molecule has 0 radical (unpaired) electrons. The fourth-order valence-corrected chi connectivity index (χ4v) is 5.76. The summed E-state index contributed by atoms with van der Waals surface area (Å²) in [6, 6.07) is 30.6. The first-order valence-electron chi connectivity index (χ1n) is 14.6. The molecular formula is C36H32N4O5S2. The Bertz CT molecular complexity index is 1860. The molecule has 0 unspecified atom stereocenters. The van der Waals surface area contributed by atoms with E-state index in [0.717, 1.165) is 21.9 Å². The number of methoxy groups -OCH3 is 1. The van der Waals surface area contributed by atoms with Crippen molar-refractivity contribution >= 4 is 57.7 Å². The minimum Gasteiger partial charge on any atom is -0.497 e. The number of carbonyl (C=O) groups is 3. The van der Waals surface area contributed by atoms with Crippen molar-refractivity contribution in [1.82, 2.24) is 10.3 Å². The van der Waals surface area contributed by atoms with Crippen LogP contribution in [0.1, 0.15) is 22.8 Å². The first-order valence-corrected chi connectivity index (χ1v) is 16.5. The van der Waals surface area contributed by atoms with E-state index in [9.17, 15) is 14.4 Å². The Morgan fingerprint density at radius 3 is 2.36 bits per heavy atom. The number of anilines is 2. The zero-order chi connectivity index (χ0) is 33.0. The summed E-state index contributed by atoms with van der Waals surface area (Å²) in [5.74, 6) is 0.514. The molecule has 0 aliphatic rings. The molecule has 3 N–H and O–H groups in total. The summed E-state index contributed by atoms with van der Waals surface area (Å²) in [4.78, 5) is 44.3. The van der Waals surface area contributed by atoms with Crippen LogP contribution in [-0.4, -0.2) is 42.2 Å². The zero-order valence-electron chi connectivity index (χ0n) is 25.7. The maximum absolute atomic E-state index is 13.4. The summed E-state index contributed by atoms with van der Waals surface area (Å²) < 4.78 is 10.8. The lowest BCUT2D eigenvalue weighted by Crippen LogP contribution is -2.30. The normalized spacial score (nSPS) is 11.0. The number of nitrogens with zero attached hydrogens (tertiary/aromatic N) is 1. The Labute approximate surface area is 281 Å². The van der Waals surface area contributed by atoms with Crippen LogP contribution >= 0.6 is 23.1 Å². The van der Waals surface area contributed by atoms with Gasteiger partial charge in [0.15, 0.2) is 5.13 Å². The van der Waals surface area contributed by atoms with Crippen molar-refractivity contribution < 1.29 is 23.9 Å². The van der Waals surface area contributed by atoms with Crippen molar-refractivity contribution in [3.63, 3.8) is 0 Å². The highest BCUT2D eigenvalue weighted by Crippen LogP contribution is 2.27. The Balaban J connectivity index is 1.17. The molecule has 0 fully saturated rings. The highest BCUT2D eigenvalue weighted by molar-refractivity contribution is 8.00. The van der Waals surface area contributed by atoms with Crippen LogP contribution in [0.4, 0.5) is 10.8 Å². The van der Waals surface area contributed by atoms with E-state index in [1.165, 1.54) is 23.1 Å². The molecule has 0 atom stereocenters. The van der Waals surface area contributed by atoms with Gasteiger partial charge in [-0.3, -0.25) is 14.4 Å². The number of aromatic nitrogens is 1. The van der Waals surface area contributed by atoms with E-state index in [0.29, 0.717) is 34.3 Å². The molecule has 11 heteroatoms. The standard InChI is InChI=1S/C36H32N4O5S2/c1-3-45-28-16-12-25(13-17-28)32-22-47-36(39-32)40-33(41)23-46-30-18-14-27(15-19-30)37-35(43)31(21-24-8-7-11-29(20-24)44-2)38-34(42)26-9-5-4-6-10-26/h4-22H,3,23H2,1-2H3,(H,37,43)(H,38,42)(H,39,40,41)/b31-21-. The van der Waals surface area contributed by atoms with Crippen molar-refractivity contribution in [3.05, 3.63) is 125 Å². The first kappa shape index (κ1) is 33.0. The minimum atomic E-state index is -0.495. The van der Waals surface area contributed by atoms with Crippen molar-refractivity contribution in [1.29, 1.82) is 0 Å². The fourth-order valence-electron chi connectivity index (χ4n) is 4.33. The maximum Gasteiger partial charge on any atom is 0.272 e. The molecule has 0 saturated heterocycles. The van der Waals surface area contributed by atoms with E-state index in [4.69, 9.17) is 9.47 Å². The molecule has 1 heterocycles. The molecule has 47 heavy (non-hydrogen) atoms. The summed E-state index contributed by atoms with van der Waals surface area (Å²) >= 11 is 2.72. The number of thioether (sulfide) groups is 1. The van der Waals surface area contributed by atoms with Crippen LogP contribution in [0.2, 0.25) is 0 Å². The van der Waals surface area contributed by atoms with Crippen LogP contribution in [0.3, 0.4) is 0 Å². The lowest BCUT2D eigenvalue weighted by molar-refractivity contribution is -0.114. The number of carbonyl (C=O) groups excluding carboxylic acids is 3. The number of amides is 3. The molecule has 0 saturated carbocycles. The zero-order valence-corrected chi connectivity index (χ0v) is 27.3. The number of rotatable bonds is 13. The average Bonchev–Trinajstić information content (AvgIpc) is 3.57. The summed E-state index contributed by atoms with van der Waals surface area (Å²) in [5, 5.41) is 10.9. The second-order valence-electron chi connectivity index (χ2n) is 9.97. The highest BCUT2D eigenvalue weighted by Gasteiger charge is 2.16. The number of nitrogens with one attached hydrogen (secondary N) is 3. The van der Waals surface area contributed by atoms with Gasteiger partial charge in [-0.05, 0) is 91.4 Å². The monoisotopic (exact) mass is 664 g/mol. The summed E-state index contributed by atoms with van der Waals surface area (Å²) in [5.41, 5.74) is 3.41. The molecular weight excluding hydrogens is 633 g/mol. The summed E-state index contributed by atoms with van der Waals surface area (Å²) in [6.07, 6.45) is 1.59. The van der Waals surface area contributed by atoms with Crippen LogP contribution in [0, 0.1) is 0 Å². The lowest BCUT2D eigenvalue weighted by atomic mass is 10.1. The molecule has 5 rings (SSSR count). The predicted octanol–water partition coefficient (Wildman–Crippen LogP) is 7.36. The van der Waals surface area contributed by atoms with E-state index < -0.39 is 11.8 Å². The predicted molar refractivity (Wildman–Crippen MR) is 188 cm³/mol. The largest absolute Gasteiger partial charge is 0.497 e. The molecule has 9 nitrogen and oxygen atoms in total. The average molecular weight is 665 g/mol. The molecule has 4 aromatic carbocycles. The van der Waals surface area contributed by atoms with Gasteiger partial charge in [-0.15, -0.1) is 23.1 Å². The van der Waals surface area contributed by atoms with Gasteiger partial charge in [0.2, 0.25) is 5.91 Å². The van der Waals surface area contributed by atoms with Gasteiger partial charge in [-0.1, -0.05) is 30.3 Å². The summed E-state index contributed by atoms with van der Waals surface area (Å²) in [7, 11) is 1.56. The van der Waals surface area contributed by atoms with Crippen LogP contribution in [0.5, 0.6) is 11.5 Å². The van der Waals surface area contributed by atoms with Crippen molar-refractivity contribution in [3.8, 4) is 22.8 Å². The number of ether oxygens (including phenoxy) is 2. The lowest BCUT2D eigenvalue weighted by Gasteiger charge is -2.12. The van der Waals surface area contributed by atoms with E-state index in [-0.39, 0.29) is 17.4 Å². The third kappa shape index (κ3) is 9.55. The van der Waals surface area contributed by atoms with Gasteiger partial charge in [0, 0.05) is 27.1 Å². The molecule has 238 valence electrons. The van der Waals surface area contributed by atoms with Crippen LogP contribution in [-0.2, 0) is 9.59 Å². The van der Waals surface area contributed by atoms with Gasteiger partial charge in [0.1, 0.15) is 17.2 Å². The Hall–Kier alpha value is -5.39. The smallest absolute Gasteiger partial charge is 0.272 e. The number of hydrogen-bond acceptors (Lipinski definition) is 8. The third-order valence-corrected chi connectivity index (χ3v) is 8.40. The van der Waals surface area contributed by atoms with Gasteiger partial charge in [-0.25, -0.2) is 4.98 Å². The summed E-state index contributed by atoms with van der Waals surface area (Å²) in [6.45, 7) is 2.54. The maximum atomic E-state index is 13.4. The van der Waals surface area contributed by atoms with Crippen molar-refractivity contribution in [2.75, 3.05) is 30.1 Å². The number of thiazole rings is 1. The molecule has 0 aliphatic heterocycles. The van der Waals surface area contributed by atoms with E-state index in [1.54, 1.807) is 67.8 Å². The number of benzene rings is 4. The topological polar surface area (TPSA) is 119 Å². The minimum absolute atomic E-state index is 0.0649. The fraction of sp³-hybridized carbons (Fsp3) is 0.111. The second-order valence-corrected chi connectivity index (χ2v) is 11.9. The van der Waals surface area contributed by atoms with E-state index >= 15 is 0 Å². The van der Waals surface area contributed by atoms with Gasteiger partial charge < -0.3 is 25.4 Å². The first-order chi connectivity index (χ1) is 22.9. The van der Waals surface area contributed by atoms with E-state index in [2.05, 4.69) is 20.9 Å². The Kier molecular flexibility index (Phi) is 11.4. The van der Waals surface area contributed by atoms with Crippen molar-refractivity contribution in [2.45, 2.75) is 11.8 Å². The SMILES string of the molecule is CCOc1ccc(-c2csc(NC(=O)CSc3ccc(NC(=O)/C(=C/c4cccc(OC)c4)NC(=O)c4ccccc4)cc3)n2)cc1. The molecule has 0 bridgehead atoms. The molecule has 3 amide bonds. The third-order valence-electron chi connectivity index (χ3n) is 6.63. The van der Waals surface area contributed by atoms with Crippen molar-refractivity contribution in [2.24, 2.45) is 0 Å². The van der Waals surface area contributed by atoms with Gasteiger partial charge in [0.05, 0.1) is 25.2 Å². The number of hydrogen-bond donors (Lipinski definition) is 3. The van der Waals surface area contributed by atoms with Gasteiger partial charge in [0.25, 0.3) is 11.8 Å². The van der Waals surface area contributed by atoms with Gasteiger partial charge in [-0.2, -0.15) is 0 Å². The molecule has 1 aromatic heterocycles. The molecule has 0 spiro atoms. The van der Waals surface area contributed by atoms with Gasteiger partial charge >= 0.3 is 0 Å². The Morgan fingerprint density at radius 1 is 0.872 bits per heavy atom. The quantitative estimate of drug-likeness (QED) is 0.0889. The van der Waals surface area contributed by atoms with Crippen LogP contribution in [0.25, 0.3) is 17.3 Å². The Morgan fingerprint density at radius 2 is 1.64 bits per heavy atom. The van der Waals surface area contributed by atoms with E-state index in [1.807, 2.05) is 60.8 Å². The molecule has 5 aromatic rings. The highest BCUT2D eigenvalue weighted by atomic mass is 32.2. The van der Waals surface area contributed by atoms with Crippen LogP contribution in [0.15, 0.2) is 119 Å².